The Hall–Kier alpha value is -1.15. The molecule has 1 unspecified atom stereocenters. The number of rotatable bonds is 3. The lowest BCUT2D eigenvalue weighted by atomic mass is 9.93. The molecule has 0 N–H and O–H groups in total. The Kier molecular flexibility index (Phi) is 3.34. The first-order valence-corrected chi connectivity index (χ1v) is 6.33. The van der Waals surface area contributed by atoms with E-state index in [4.69, 9.17) is 0 Å². The van der Waals surface area contributed by atoms with Gasteiger partial charge in [-0.05, 0) is 25.3 Å². The van der Waals surface area contributed by atoms with E-state index >= 15 is 0 Å². The van der Waals surface area contributed by atoms with Crippen molar-refractivity contribution >= 4 is 5.78 Å². The van der Waals surface area contributed by atoms with Gasteiger partial charge in [0.25, 0.3) is 0 Å². The zero-order valence-electron chi connectivity index (χ0n) is 10.9. The maximum absolute atomic E-state index is 12.3. The van der Waals surface area contributed by atoms with Gasteiger partial charge in [0.1, 0.15) is 0 Å². The van der Waals surface area contributed by atoms with Gasteiger partial charge >= 0.3 is 0 Å². The van der Waals surface area contributed by atoms with Gasteiger partial charge in [0, 0.05) is 12.1 Å². The zero-order valence-corrected chi connectivity index (χ0v) is 10.9. The molecule has 0 radical (unpaired) electrons. The highest BCUT2D eigenvalue weighted by Crippen LogP contribution is 2.30. The standard InChI is InChI=1S/C15H21NO/c1-12(16-10-9-15(2,3)11-16)14(17)13-7-5-4-6-8-13/h4-8,12H,9-11H2,1-3H3. The average molecular weight is 231 g/mol. The minimum Gasteiger partial charge on any atom is -0.293 e. The normalized spacial score (nSPS) is 21.4. The van der Waals surface area contributed by atoms with Crippen molar-refractivity contribution in [3.05, 3.63) is 35.9 Å². The maximum Gasteiger partial charge on any atom is 0.179 e. The Bertz CT molecular complexity index is 397. The van der Waals surface area contributed by atoms with Crippen LogP contribution in [0.1, 0.15) is 37.6 Å². The molecule has 2 heteroatoms. The van der Waals surface area contributed by atoms with Crippen LogP contribution in [0.4, 0.5) is 0 Å². The van der Waals surface area contributed by atoms with Crippen LogP contribution in [0.2, 0.25) is 0 Å². The predicted molar refractivity (Wildman–Crippen MR) is 70.2 cm³/mol. The average Bonchev–Trinajstić information content (AvgIpc) is 2.69. The third-order valence-corrected chi connectivity index (χ3v) is 3.69. The summed E-state index contributed by atoms with van der Waals surface area (Å²) in [5, 5.41) is 0. The summed E-state index contributed by atoms with van der Waals surface area (Å²) >= 11 is 0. The van der Waals surface area contributed by atoms with Gasteiger partial charge in [-0.3, -0.25) is 9.69 Å². The van der Waals surface area contributed by atoms with Gasteiger partial charge in [0.2, 0.25) is 0 Å². The zero-order chi connectivity index (χ0) is 12.5. The van der Waals surface area contributed by atoms with Gasteiger partial charge in [-0.1, -0.05) is 44.2 Å². The Morgan fingerprint density at radius 2 is 1.94 bits per heavy atom. The molecule has 1 aromatic carbocycles. The van der Waals surface area contributed by atoms with E-state index in [0.29, 0.717) is 5.41 Å². The fraction of sp³-hybridized carbons (Fsp3) is 0.533. The van der Waals surface area contributed by atoms with E-state index in [1.165, 1.54) is 6.42 Å². The minimum absolute atomic E-state index is 0.000764. The molecule has 0 saturated carbocycles. The summed E-state index contributed by atoms with van der Waals surface area (Å²) < 4.78 is 0. The number of ketones is 1. The quantitative estimate of drug-likeness (QED) is 0.745. The third-order valence-electron chi connectivity index (χ3n) is 3.69. The number of nitrogens with zero attached hydrogens (tertiary/aromatic N) is 1. The van der Waals surface area contributed by atoms with Crippen LogP contribution in [0.25, 0.3) is 0 Å². The molecular formula is C15H21NO. The van der Waals surface area contributed by atoms with E-state index in [9.17, 15) is 4.79 Å². The van der Waals surface area contributed by atoms with Crippen molar-refractivity contribution in [1.82, 2.24) is 4.90 Å². The van der Waals surface area contributed by atoms with Gasteiger partial charge < -0.3 is 0 Å². The molecule has 0 aliphatic carbocycles. The number of carbonyl (C=O) groups excluding carboxylic acids is 1. The molecule has 0 bridgehead atoms. The van der Waals surface area contributed by atoms with Gasteiger partial charge in [-0.15, -0.1) is 0 Å². The smallest absolute Gasteiger partial charge is 0.179 e. The molecule has 1 saturated heterocycles. The molecule has 2 rings (SSSR count). The van der Waals surface area contributed by atoms with Crippen molar-refractivity contribution in [2.45, 2.75) is 33.2 Å². The summed E-state index contributed by atoms with van der Waals surface area (Å²) in [4.78, 5) is 14.6. The number of hydrogen-bond donors (Lipinski definition) is 0. The monoisotopic (exact) mass is 231 g/mol. The summed E-state index contributed by atoms with van der Waals surface area (Å²) in [6.07, 6.45) is 1.18. The molecule has 0 spiro atoms. The Balaban J connectivity index is 2.06. The second-order valence-electron chi connectivity index (χ2n) is 5.79. The highest BCUT2D eigenvalue weighted by Gasteiger charge is 2.34. The van der Waals surface area contributed by atoms with Crippen molar-refractivity contribution in [1.29, 1.82) is 0 Å². The third kappa shape index (κ3) is 2.75. The molecular weight excluding hydrogens is 210 g/mol. The molecule has 1 heterocycles. The van der Waals surface area contributed by atoms with Gasteiger partial charge in [-0.25, -0.2) is 0 Å². The Morgan fingerprint density at radius 3 is 2.47 bits per heavy atom. The SMILES string of the molecule is CC(C(=O)c1ccccc1)N1CCC(C)(C)C1. The fourth-order valence-corrected chi connectivity index (χ4v) is 2.49. The molecule has 1 aromatic rings. The lowest BCUT2D eigenvalue weighted by Gasteiger charge is -2.25. The van der Waals surface area contributed by atoms with Crippen LogP contribution in [0.5, 0.6) is 0 Å². The molecule has 0 aromatic heterocycles. The number of likely N-dealkylation sites (tertiary alicyclic amines) is 1. The first-order valence-electron chi connectivity index (χ1n) is 6.33. The summed E-state index contributed by atoms with van der Waals surface area (Å²) in [5.74, 6) is 0.239. The summed E-state index contributed by atoms with van der Waals surface area (Å²) in [6, 6.07) is 9.60. The van der Waals surface area contributed by atoms with E-state index in [-0.39, 0.29) is 11.8 Å². The van der Waals surface area contributed by atoms with E-state index in [1.807, 2.05) is 37.3 Å². The van der Waals surface area contributed by atoms with Crippen LogP contribution in [0.3, 0.4) is 0 Å². The summed E-state index contributed by atoms with van der Waals surface area (Å²) in [6.45, 7) is 8.62. The van der Waals surface area contributed by atoms with E-state index in [1.54, 1.807) is 0 Å². The van der Waals surface area contributed by atoms with Crippen LogP contribution in [0.15, 0.2) is 30.3 Å². The number of Topliss-reactive ketones (excluding diaryl/α,β-unsaturated/α-hetero) is 1. The second-order valence-corrected chi connectivity index (χ2v) is 5.79. The largest absolute Gasteiger partial charge is 0.293 e. The molecule has 1 fully saturated rings. The van der Waals surface area contributed by atoms with Gasteiger partial charge in [0.15, 0.2) is 5.78 Å². The van der Waals surface area contributed by atoms with Crippen LogP contribution >= 0.6 is 0 Å². The maximum atomic E-state index is 12.3. The molecule has 2 nitrogen and oxygen atoms in total. The molecule has 92 valence electrons. The van der Waals surface area contributed by atoms with E-state index < -0.39 is 0 Å². The van der Waals surface area contributed by atoms with Crippen molar-refractivity contribution in [2.75, 3.05) is 13.1 Å². The van der Waals surface area contributed by atoms with Crippen molar-refractivity contribution in [2.24, 2.45) is 5.41 Å². The van der Waals surface area contributed by atoms with Gasteiger partial charge in [0.05, 0.1) is 6.04 Å². The molecule has 1 aliphatic rings. The number of hydrogen-bond acceptors (Lipinski definition) is 2. The van der Waals surface area contributed by atoms with Crippen molar-refractivity contribution in [3.8, 4) is 0 Å². The fourth-order valence-electron chi connectivity index (χ4n) is 2.49. The van der Waals surface area contributed by atoms with Crippen molar-refractivity contribution in [3.63, 3.8) is 0 Å². The number of carbonyl (C=O) groups is 1. The van der Waals surface area contributed by atoms with Crippen molar-refractivity contribution < 1.29 is 4.79 Å². The van der Waals surface area contributed by atoms with E-state index in [0.717, 1.165) is 18.7 Å². The van der Waals surface area contributed by atoms with E-state index in [2.05, 4.69) is 18.7 Å². The Labute approximate surface area is 104 Å². The molecule has 17 heavy (non-hydrogen) atoms. The minimum atomic E-state index is -0.000764. The predicted octanol–water partition coefficient (Wildman–Crippen LogP) is 2.99. The summed E-state index contributed by atoms with van der Waals surface area (Å²) in [7, 11) is 0. The molecule has 1 atom stereocenters. The lowest BCUT2D eigenvalue weighted by molar-refractivity contribution is 0.0857. The molecule has 1 aliphatic heterocycles. The highest BCUT2D eigenvalue weighted by molar-refractivity contribution is 5.99. The number of benzene rings is 1. The lowest BCUT2D eigenvalue weighted by Crippen LogP contribution is -2.38. The first kappa shape index (κ1) is 12.3. The van der Waals surface area contributed by atoms with Crippen LogP contribution < -0.4 is 0 Å². The van der Waals surface area contributed by atoms with Crippen LogP contribution in [-0.2, 0) is 0 Å². The molecule has 0 amide bonds. The second kappa shape index (κ2) is 4.61. The van der Waals surface area contributed by atoms with Crippen LogP contribution in [0, 0.1) is 5.41 Å². The topological polar surface area (TPSA) is 20.3 Å². The Morgan fingerprint density at radius 1 is 1.29 bits per heavy atom. The first-order chi connectivity index (χ1) is 7.99. The summed E-state index contributed by atoms with van der Waals surface area (Å²) in [5.41, 5.74) is 1.18. The highest BCUT2D eigenvalue weighted by atomic mass is 16.1. The van der Waals surface area contributed by atoms with Gasteiger partial charge in [-0.2, -0.15) is 0 Å². The van der Waals surface area contributed by atoms with Crippen LogP contribution in [-0.4, -0.2) is 29.8 Å².